The monoisotopic (exact) mass is 595 g/mol. The lowest BCUT2D eigenvalue weighted by Crippen LogP contribution is -2.49. The van der Waals surface area contributed by atoms with Gasteiger partial charge in [-0.15, -0.1) is 0 Å². The quantitative estimate of drug-likeness (QED) is 0.333. The Bertz CT molecular complexity index is 1660. The smallest absolute Gasteiger partial charge is 0.337 e. The number of nitrogens with zero attached hydrogens (tertiary/aromatic N) is 6. The number of hydrogen-bond acceptors (Lipinski definition) is 7. The molecular weight excluding hydrogens is 566 g/mol. The van der Waals surface area contributed by atoms with E-state index in [-0.39, 0.29) is 22.2 Å². The highest BCUT2D eigenvalue weighted by atomic mass is 79.9. The number of aryl methyl sites for hydroxylation is 2. The van der Waals surface area contributed by atoms with Crippen LogP contribution in [-0.2, 0) is 19.6 Å². The Morgan fingerprint density at radius 2 is 2.10 bits per heavy atom. The van der Waals surface area contributed by atoms with E-state index in [9.17, 15) is 14.7 Å². The number of aromatic nitrogens is 5. The van der Waals surface area contributed by atoms with Crippen LogP contribution in [0, 0.1) is 5.92 Å². The molecule has 1 aliphatic carbocycles. The minimum Gasteiger partial charge on any atom is -0.478 e. The van der Waals surface area contributed by atoms with Gasteiger partial charge in [-0.2, -0.15) is 5.10 Å². The second kappa shape index (κ2) is 9.53. The number of nitrogen functional groups attached to an aromatic ring is 1. The highest BCUT2D eigenvalue weighted by molar-refractivity contribution is 9.10. The van der Waals surface area contributed by atoms with Crippen LogP contribution in [0.3, 0.4) is 0 Å². The lowest BCUT2D eigenvalue weighted by molar-refractivity contribution is 0.0696. The molecule has 4 heterocycles. The number of rotatable bonds is 7. The second-order valence-corrected chi connectivity index (χ2v) is 11.6. The van der Waals surface area contributed by atoms with Crippen molar-refractivity contribution in [2.24, 2.45) is 20.0 Å². The molecule has 2 bridgehead atoms. The van der Waals surface area contributed by atoms with E-state index in [1.54, 1.807) is 17.9 Å². The molecule has 1 aliphatic heterocycles. The van der Waals surface area contributed by atoms with Crippen molar-refractivity contribution in [1.82, 2.24) is 28.8 Å². The molecule has 1 saturated carbocycles. The minimum absolute atomic E-state index is 0.0225. The first kappa shape index (κ1) is 25.6. The first-order chi connectivity index (χ1) is 18.6. The summed E-state index contributed by atoms with van der Waals surface area (Å²) in [5.41, 5.74) is 8.73. The Kier molecular flexibility index (Phi) is 6.26. The standard InChI is InChI=1S/C27H30BrN7O4/c1-32-14-17(25(37)38)9-19(23(32)36)20-12-30-33(2)24(20)39-8-7-34-13-16-5-6-27(11-16,15-34)35-22-10-18(28)3-4-21(22)31-26(35)29/h3-4,9-10,12,14,16H,5-8,11,13,15H2,1-2H3,(H2,29,31)(H,37,38). The second-order valence-electron chi connectivity index (χ2n) is 10.7. The fourth-order valence-corrected chi connectivity index (χ4v) is 6.79. The van der Waals surface area contributed by atoms with Crippen LogP contribution in [0.5, 0.6) is 5.88 Å². The number of likely N-dealkylation sites (tertiary alicyclic amines) is 1. The average molecular weight is 596 g/mol. The number of pyridine rings is 1. The lowest BCUT2D eigenvalue weighted by Gasteiger charge is -2.42. The van der Waals surface area contributed by atoms with Crippen LogP contribution >= 0.6 is 15.9 Å². The molecule has 2 aliphatic rings. The summed E-state index contributed by atoms with van der Waals surface area (Å²) in [6.45, 7) is 2.90. The molecule has 2 unspecified atom stereocenters. The number of halogens is 1. The zero-order valence-corrected chi connectivity index (χ0v) is 23.4. The van der Waals surface area contributed by atoms with Gasteiger partial charge in [0.05, 0.1) is 39.5 Å². The fraction of sp³-hybridized carbons (Fsp3) is 0.407. The molecule has 4 aromatic rings. The summed E-state index contributed by atoms with van der Waals surface area (Å²) in [4.78, 5) is 31.5. The van der Waals surface area contributed by atoms with Crippen LogP contribution in [0.1, 0.15) is 29.6 Å². The number of carboxylic acids is 1. The first-order valence-corrected chi connectivity index (χ1v) is 13.7. The molecule has 3 aromatic heterocycles. The number of nitrogens with two attached hydrogens (primary N) is 1. The largest absolute Gasteiger partial charge is 0.478 e. The molecule has 11 nitrogen and oxygen atoms in total. The van der Waals surface area contributed by atoms with E-state index >= 15 is 0 Å². The van der Waals surface area contributed by atoms with Gasteiger partial charge >= 0.3 is 5.97 Å². The zero-order chi connectivity index (χ0) is 27.5. The summed E-state index contributed by atoms with van der Waals surface area (Å²) < 4.78 is 12.3. The molecule has 1 aromatic carbocycles. The van der Waals surface area contributed by atoms with Crippen LogP contribution in [0.15, 0.2) is 45.9 Å². The molecule has 39 heavy (non-hydrogen) atoms. The summed E-state index contributed by atoms with van der Waals surface area (Å²) >= 11 is 3.60. The fourth-order valence-electron chi connectivity index (χ4n) is 6.44. The van der Waals surface area contributed by atoms with Gasteiger partial charge in [0.1, 0.15) is 6.61 Å². The zero-order valence-electron chi connectivity index (χ0n) is 21.8. The van der Waals surface area contributed by atoms with Crippen molar-refractivity contribution < 1.29 is 14.6 Å². The van der Waals surface area contributed by atoms with Gasteiger partial charge in [-0.3, -0.25) is 9.69 Å². The topological polar surface area (TPSA) is 133 Å². The summed E-state index contributed by atoms with van der Waals surface area (Å²) in [5.74, 6) is 0.438. The predicted molar refractivity (Wildman–Crippen MR) is 150 cm³/mol. The van der Waals surface area contributed by atoms with Crippen molar-refractivity contribution in [2.75, 3.05) is 32.0 Å². The maximum Gasteiger partial charge on any atom is 0.337 e. The normalized spacial score (nSPS) is 21.1. The molecule has 0 spiro atoms. The number of imidazole rings is 1. The molecule has 3 N–H and O–H groups in total. The van der Waals surface area contributed by atoms with Crippen LogP contribution in [-0.4, -0.2) is 66.1 Å². The molecule has 2 atom stereocenters. The average Bonchev–Trinajstić information content (AvgIpc) is 3.52. The van der Waals surface area contributed by atoms with E-state index in [0.29, 0.717) is 36.5 Å². The van der Waals surface area contributed by atoms with Crippen molar-refractivity contribution in [3.63, 3.8) is 0 Å². The van der Waals surface area contributed by atoms with Gasteiger partial charge < -0.3 is 24.7 Å². The number of carbonyl (C=O) groups is 1. The van der Waals surface area contributed by atoms with E-state index in [4.69, 9.17) is 10.5 Å². The van der Waals surface area contributed by atoms with Gasteiger partial charge in [0.15, 0.2) is 0 Å². The van der Waals surface area contributed by atoms with E-state index in [1.807, 2.05) is 12.1 Å². The molecule has 204 valence electrons. The highest BCUT2D eigenvalue weighted by Crippen LogP contribution is 2.47. The lowest BCUT2D eigenvalue weighted by atomic mass is 9.90. The van der Waals surface area contributed by atoms with E-state index in [2.05, 4.69) is 41.5 Å². The third kappa shape index (κ3) is 4.41. The summed E-state index contributed by atoms with van der Waals surface area (Å²) in [5, 5.41) is 13.8. The van der Waals surface area contributed by atoms with Crippen molar-refractivity contribution in [3.8, 4) is 17.0 Å². The SMILES string of the molecule is Cn1ncc(-c2cc(C(=O)O)cn(C)c2=O)c1OCCN1CC2CCC(n3c(N)nc4ccc(Br)cc43)(C2)C1. The van der Waals surface area contributed by atoms with Crippen molar-refractivity contribution in [1.29, 1.82) is 0 Å². The van der Waals surface area contributed by atoms with E-state index in [0.717, 1.165) is 47.9 Å². The Morgan fingerprint density at radius 1 is 1.28 bits per heavy atom. The molecule has 6 rings (SSSR count). The first-order valence-electron chi connectivity index (χ1n) is 12.9. The third-order valence-corrected chi connectivity index (χ3v) is 8.58. The molecule has 0 amide bonds. The Hall–Kier alpha value is -3.64. The van der Waals surface area contributed by atoms with Crippen LogP contribution < -0.4 is 16.0 Å². The highest BCUT2D eigenvalue weighted by Gasteiger charge is 2.47. The van der Waals surface area contributed by atoms with Crippen molar-refractivity contribution >= 4 is 38.9 Å². The van der Waals surface area contributed by atoms with Gasteiger partial charge in [-0.25, -0.2) is 14.5 Å². The number of aromatic carboxylic acids is 1. The van der Waals surface area contributed by atoms with Crippen molar-refractivity contribution in [3.05, 3.63) is 57.0 Å². The Morgan fingerprint density at radius 3 is 2.90 bits per heavy atom. The maximum absolute atomic E-state index is 12.8. The summed E-state index contributed by atoms with van der Waals surface area (Å²) in [6.07, 6.45) is 6.10. The van der Waals surface area contributed by atoms with E-state index < -0.39 is 5.97 Å². The molecule has 1 saturated heterocycles. The Labute approximate surface area is 232 Å². The minimum atomic E-state index is -1.11. The summed E-state index contributed by atoms with van der Waals surface area (Å²) in [7, 11) is 3.27. The van der Waals surface area contributed by atoms with Crippen molar-refractivity contribution in [2.45, 2.75) is 24.8 Å². The number of hydrogen-bond donors (Lipinski definition) is 2. The van der Waals surface area contributed by atoms with Gasteiger partial charge in [0.2, 0.25) is 11.8 Å². The number of benzene rings is 1. The number of piperidine rings is 1. The van der Waals surface area contributed by atoms with E-state index in [1.165, 1.54) is 23.9 Å². The maximum atomic E-state index is 12.8. The van der Waals surface area contributed by atoms with Gasteiger partial charge in [-0.05, 0) is 49.4 Å². The van der Waals surface area contributed by atoms with Crippen LogP contribution in [0.4, 0.5) is 5.95 Å². The van der Waals surface area contributed by atoms with Gasteiger partial charge in [0.25, 0.3) is 5.56 Å². The van der Waals surface area contributed by atoms with Gasteiger partial charge in [-0.1, -0.05) is 15.9 Å². The molecule has 0 radical (unpaired) electrons. The number of fused-ring (bicyclic) bond motifs is 3. The molecule has 2 fully saturated rings. The number of anilines is 1. The molecular formula is C27H30BrN7O4. The van der Waals surface area contributed by atoms with Crippen LogP contribution in [0.25, 0.3) is 22.2 Å². The van der Waals surface area contributed by atoms with Crippen LogP contribution in [0.2, 0.25) is 0 Å². The summed E-state index contributed by atoms with van der Waals surface area (Å²) in [6, 6.07) is 7.45. The number of carboxylic acid groups (broad SMARTS) is 1. The Balaban J connectivity index is 1.22. The van der Waals surface area contributed by atoms with Gasteiger partial charge in [0, 0.05) is 44.4 Å². The number of ether oxygens (including phenoxy) is 1. The third-order valence-electron chi connectivity index (χ3n) is 8.09. The molecule has 12 heteroatoms. The predicted octanol–water partition coefficient (Wildman–Crippen LogP) is 3.07.